The number of nitrogen functional groups attached to an aromatic ring is 1. The molecule has 3 heterocycles. The summed E-state index contributed by atoms with van der Waals surface area (Å²) in [5.74, 6) is 7.53. The van der Waals surface area contributed by atoms with Gasteiger partial charge in [-0.1, -0.05) is 24.0 Å². The maximum Gasteiger partial charge on any atom is 0.146 e. The van der Waals surface area contributed by atoms with Crippen molar-refractivity contribution in [2.24, 2.45) is 5.92 Å². The Kier molecular flexibility index (Phi) is 6.79. The minimum atomic E-state index is -0.904. The van der Waals surface area contributed by atoms with Crippen molar-refractivity contribution in [3.8, 4) is 22.3 Å². The lowest BCUT2D eigenvalue weighted by molar-refractivity contribution is 0.0980. The van der Waals surface area contributed by atoms with E-state index in [1.165, 1.54) is 5.01 Å². The highest BCUT2D eigenvalue weighted by Gasteiger charge is 2.38. The van der Waals surface area contributed by atoms with Gasteiger partial charge in [-0.2, -0.15) is 0 Å². The average Bonchev–Trinajstić information content (AvgIpc) is 3.62. The number of likely N-dealkylation sites (tertiary alicyclic amines) is 1. The fourth-order valence-electron chi connectivity index (χ4n) is 4.52. The summed E-state index contributed by atoms with van der Waals surface area (Å²) in [7, 11) is 2.18. The van der Waals surface area contributed by atoms with E-state index in [-0.39, 0.29) is 0 Å². The van der Waals surface area contributed by atoms with Gasteiger partial charge in [0.2, 0.25) is 0 Å². The fraction of sp³-hybridized carbons (Fsp3) is 0.429. The highest BCUT2D eigenvalue weighted by atomic mass is 32.1. The van der Waals surface area contributed by atoms with E-state index in [0.29, 0.717) is 24.2 Å². The molecule has 3 aromatic rings. The Morgan fingerprint density at radius 3 is 2.74 bits per heavy atom. The second kappa shape index (κ2) is 9.98. The summed E-state index contributed by atoms with van der Waals surface area (Å²) in [6.07, 6.45) is 8.24. The molecule has 35 heavy (non-hydrogen) atoms. The topological polar surface area (TPSA) is 87.3 Å². The summed E-state index contributed by atoms with van der Waals surface area (Å²) in [6.45, 7) is 4.67. The van der Waals surface area contributed by atoms with Gasteiger partial charge in [-0.15, -0.1) is 11.3 Å². The highest BCUT2D eigenvalue weighted by molar-refractivity contribution is 7.15. The van der Waals surface area contributed by atoms with Crippen LogP contribution in [0.1, 0.15) is 54.7 Å². The molecule has 1 aromatic carbocycles. The highest BCUT2D eigenvalue weighted by Crippen LogP contribution is 2.39. The predicted octanol–water partition coefficient (Wildman–Crippen LogP) is 4.72. The Balaban J connectivity index is 1.26. The zero-order chi connectivity index (χ0) is 24.4. The van der Waals surface area contributed by atoms with E-state index < -0.39 is 5.60 Å². The van der Waals surface area contributed by atoms with Crippen LogP contribution in [0.15, 0.2) is 42.7 Å². The van der Waals surface area contributed by atoms with Crippen LogP contribution < -0.4 is 11.1 Å². The Morgan fingerprint density at radius 2 is 1.97 bits per heavy atom. The molecular weight excluding hydrogens is 454 g/mol. The van der Waals surface area contributed by atoms with Crippen LogP contribution in [0.25, 0.3) is 10.4 Å². The first-order valence-corrected chi connectivity index (χ1v) is 13.2. The molecule has 4 N–H and O–H groups in total. The standard InChI is InChI=1S/C28H33N5OS/c1-28(34,23-6-7-23)11-8-19-4-3-5-20(14-19)16-30-24-15-22(17-31-26(24)29)25-18-32-27(35-25)21-9-12-33(2)13-10-21/h3-5,14-15,17-18,21,23,30,34H,6-7,9-10,12-13,16H2,1-2H3,(H2,29,31). The second-order valence-corrected chi connectivity index (χ2v) is 11.1. The Labute approximate surface area is 211 Å². The van der Waals surface area contributed by atoms with Crippen LogP contribution in [0.3, 0.4) is 0 Å². The van der Waals surface area contributed by atoms with Crippen molar-refractivity contribution in [2.45, 2.75) is 50.7 Å². The fourth-order valence-corrected chi connectivity index (χ4v) is 5.59. The van der Waals surface area contributed by atoms with Crippen molar-refractivity contribution in [2.75, 3.05) is 31.2 Å². The average molecular weight is 488 g/mol. The third kappa shape index (κ3) is 5.84. The number of nitrogens with one attached hydrogen (secondary N) is 1. The van der Waals surface area contributed by atoms with Gasteiger partial charge in [0.1, 0.15) is 11.4 Å². The number of nitrogens with zero attached hydrogens (tertiary/aromatic N) is 3. The van der Waals surface area contributed by atoms with Crippen LogP contribution in [0.4, 0.5) is 11.5 Å². The molecule has 1 unspecified atom stereocenters. The quantitative estimate of drug-likeness (QED) is 0.436. The molecule has 0 spiro atoms. The normalized spacial score (nSPS) is 18.5. The van der Waals surface area contributed by atoms with Crippen molar-refractivity contribution >= 4 is 22.8 Å². The molecule has 1 aliphatic carbocycles. The monoisotopic (exact) mass is 487 g/mol. The summed E-state index contributed by atoms with van der Waals surface area (Å²) < 4.78 is 0. The van der Waals surface area contributed by atoms with E-state index in [0.717, 1.165) is 66.0 Å². The molecule has 1 aliphatic heterocycles. The minimum absolute atomic E-state index is 0.307. The molecule has 2 aromatic heterocycles. The molecule has 5 rings (SSSR count). The van der Waals surface area contributed by atoms with Gasteiger partial charge in [0.05, 0.1) is 15.6 Å². The Morgan fingerprint density at radius 1 is 1.17 bits per heavy atom. The van der Waals surface area contributed by atoms with E-state index >= 15 is 0 Å². The van der Waals surface area contributed by atoms with Crippen LogP contribution in [-0.4, -0.2) is 45.7 Å². The van der Waals surface area contributed by atoms with Crippen LogP contribution in [0.5, 0.6) is 0 Å². The van der Waals surface area contributed by atoms with Gasteiger partial charge >= 0.3 is 0 Å². The Bertz CT molecular complexity index is 1250. The number of thiazole rings is 1. The van der Waals surface area contributed by atoms with Crippen molar-refractivity contribution in [1.29, 1.82) is 0 Å². The molecule has 6 nitrogen and oxygen atoms in total. The third-order valence-electron chi connectivity index (χ3n) is 7.04. The molecule has 182 valence electrons. The first kappa shape index (κ1) is 23.8. The van der Waals surface area contributed by atoms with E-state index in [1.807, 2.05) is 37.5 Å². The van der Waals surface area contributed by atoms with E-state index in [1.54, 1.807) is 11.3 Å². The second-order valence-electron chi connectivity index (χ2n) is 10.0. The van der Waals surface area contributed by atoms with E-state index in [4.69, 9.17) is 10.7 Å². The number of nitrogens with two attached hydrogens (primary N) is 1. The number of anilines is 2. The van der Waals surface area contributed by atoms with Gasteiger partial charge in [-0.25, -0.2) is 9.97 Å². The first-order valence-electron chi connectivity index (χ1n) is 12.4. The number of pyridine rings is 1. The summed E-state index contributed by atoms with van der Waals surface area (Å²) in [6, 6.07) is 10.1. The number of aliphatic hydroxyl groups is 1. The third-order valence-corrected chi connectivity index (χ3v) is 8.25. The molecule has 1 saturated carbocycles. The molecule has 1 atom stereocenters. The number of hydrogen-bond acceptors (Lipinski definition) is 7. The van der Waals surface area contributed by atoms with Crippen LogP contribution in [0.2, 0.25) is 0 Å². The lowest BCUT2D eigenvalue weighted by atomic mass is 9.98. The maximum atomic E-state index is 10.5. The van der Waals surface area contributed by atoms with Crippen molar-refractivity contribution in [3.63, 3.8) is 0 Å². The zero-order valence-electron chi connectivity index (χ0n) is 20.4. The number of rotatable bonds is 6. The van der Waals surface area contributed by atoms with Crippen LogP contribution in [0, 0.1) is 17.8 Å². The number of benzene rings is 1. The SMILES string of the molecule is CN1CCC(c2ncc(-c3cnc(N)c(NCc4cccc(C#CC(C)(O)C5CC5)c4)c3)s2)CC1. The summed E-state index contributed by atoms with van der Waals surface area (Å²) >= 11 is 1.76. The summed E-state index contributed by atoms with van der Waals surface area (Å²) in [5.41, 5.74) is 9.11. The van der Waals surface area contributed by atoms with Gasteiger partial charge in [0.15, 0.2) is 0 Å². The van der Waals surface area contributed by atoms with Gasteiger partial charge in [-0.3, -0.25) is 0 Å². The molecule has 2 fully saturated rings. The van der Waals surface area contributed by atoms with Gasteiger partial charge in [0, 0.05) is 36.0 Å². The maximum absolute atomic E-state index is 10.5. The lowest BCUT2D eigenvalue weighted by Crippen LogP contribution is -2.29. The molecule has 0 bridgehead atoms. The minimum Gasteiger partial charge on any atom is -0.382 e. The van der Waals surface area contributed by atoms with Crippen LogP contribution in [-0.2, 0) is 6.54 Å². The number of hydrogen-bond donors (Lipinski definition) is 3. The molecule has 0 amide bonds. The molecule has 2 aliphatic rings. The molecule has 0 radical (unpaired) electrons. The summed E-state index contributed by atoms with van der Waals surface area (Å²) in [4.78, 5) is 12.7. The first-order chi connectivity index (χ1) is 16.9. The van der Waals surface area contributed by atoms with E-state index in [9.17, 15) is 5.11 Å². The van der Waals surface area contributed by atoms with Gasteiger partial charge in [-0.05, 0) is 82.4 Å². The Hall–Kier alpha value is -2.92. The summed E-state index contributed by atoms with van der Waals surface area (Å²) in [5, 5.41) is 15.1. The van der Waals surface area contributed by atoms with Crippen molar-refractivity contribution in [1.82, 2.24) is 14.9 Å². The van der Waals surface area contributed by atoms with Crippen molar-refractivity contribution < 1.29 is 5.11 Å². The predicted molar refractivity (Wildman–Crippen MR) is 143 cm³/mol. The lowest BCUT2D eigenvalue weighted by Gasteiger charge is -2.27. The zero-order valence-corrected chi connectivity index (χ0v) is 21.2. The molecule has 1 saturated heterocycles. The number of aromatic nitrogens is 2. The number of piperidine rings is 1. The van der Waals surface area contributed by atoms with Gasteiger partial charge in [0.25, 0.3) is 0 Å². The van der Waals surface area contributed by atoms with Gasteiger partial charge < -0.3 is 21.1 Å². The van der Waals surface area contributed by atoms with Crippen molar-refractivity contribution in [3.05, 3.63) is 58.9 Å². The smallest absolute Gasteiger partial charge is 0.146 e. The van der Waals surface area contributed by atoms with E-state index in [2.05, 4.69) is 46.2 Å². The van der Waals surface area contributed by atoms with Crippen LogP contribution >= 0.6 is 11.3 Å². The molecule has 7 heteroatoms. The largest absolute Gasteiger partial charge is 0.382 e. The molecular formula is C28H33N5OS.